The number of furan rings is 2. The Hall–Kier alpha value is -6.84. The van der Waals surface area contributed by atoms with Crippen molar-refractivity contribution in [3.63, 3.8) is 0 Å². The zero-order valence-electron chi connectivity index (χ0n) is 28.0. The molecule has 3 heteroatoms. The molecular formula is C49H29NO2. The smallest absolute Gasteiger partial charge is 0.135 e. The molecule has 0 amide bonds. The van der Waals surface area contributed by atoms with Gasteiger partial charge in [0.25, 0.3) is 0 Å². The fourth-order valence-electron chi connectivity index (χ4n) is 9.38. The third kappa shape index (κ3) is 3.54. The number of benzene rings is 8. The fraction of sp³-hybridized carbons (Fsp3) is 0.0204. The number of hydrogen-bond donors (Lipinski definition) is 0. The minimum Gasteiger partial charge on any atom is -0.456 e. The summed E-state index contributed by atoms with van der Waals surface area (Å²) >= 11 is 0. The third-order valence-corrected chi connectivity index (χ3v) is 11.5. The van der Waals surface area contributed by atoms with Crippen LogP contribution in [0.1, 0.15) is 22.3 Å². The molecule has 0 unspecified atom stereocenters. The molecule has 1 spiro atoms. The van der Waals surface area contributed by atoms with Crippen molar-refractivity contribution in [1.29, 1.82) is 0 Å². The van der Waals surface area contributed by atoms with Crippen LogP contribution in [0.25, 0.3) is 66.1 Å². The van der Waals surface area contributed by atoms with Crippen molar-refractivity contribution in [2.24, 2.45) is 0 Å². The molecule has 0 fully saturated rings. The topological polar surface area (TPSA) is 29.5 Å². The van der Waals surface area contributed by atoms with Crippen molar-refractivity contribution in [2.45, 2.75) is 5.41 Å². The molecule has 0 N–H and O–H groups in total. The van der Waals surface area contributed by atoms with Gasteiger partial charge in [0, 0.05) is 38.6 Å². The van der Waals surface area contributed by atoms with Crippen LogP contribution in [0.2, 0.25) is 0 Å². The first-order chi connectivity index (χ1) is 25.8. The normalized spacial score (nSPS) is 13.5. The van der Waals surface area contributed by atoms with Crippen molar-refractivity contribution in [2.75, 3.05) is 4.90 Å². The van der Waals surface area contributed by atoms with E-state index in [1.165, 1.54) is 44.5 Å². The number of rotatable bonds is 3. The summed E-state index contributed by atoms with van der Waals surface area (Å²) in [6.07, 6.45) is 0. The van der Waals surface area contributed by atoms with E-state index in [0.29, 0.717) is 0 Å². The molecule has 10 aromatic rings. The molecule has 2 aromatic heterocycles. The van der Waals surface area contributed by atoms with Crippen LogP contribution in [0.3, 0.4) is 0 Å². The molecule has 8 aromatic carbocycles. The van der Waals surface area contributed by atoms with Crippen LogP contribution in [0.15, 0.2) is 185 Å². The van der Waals surface area contributed by atoms with E-state index in [9.17, 15) is 0 Å². The third-order valence-electron chi connectivity index (χ3n) is 11.5. The van der Waals surface area contributed by atoms with Crippen LogP contribution >= 0.6 is 0 Å². The minimum atomic E-state index is -0.434. The van der Waals surface area contributed by atoms with E-state index in [-0.39, 0.29) is 0 Å². The zero-order chi connectivity index (χ0) is 34.0. The lowest BCUT2D eigenvalue weighted by atomic mass is 9.70. The van der Waals surface area contributed by atoms with E-state index in [2.05, 4.69) is 157 Å². The summed E-state index contributed by atoms with van der Waals surface area (Å²) in [5.41, 5.74) is 16.8. The Labute approximate surface area is 299 Å². The van der Waals surface area contributed by atoms with Crippen LogP contribution < -0.4 is 4.90 Å². The van der Waals surface area contributed by atoms with Crippen molar-refractivity contribution < 1.29 is 8.83 Å². The molecular weight excluding hydrogens is 635 g/mol. The summed E-state index contributed by atoms with van der Waals surface area (Å²) in [6, 6.07) is 63.7. The molecule has 2 aliphatic rings. The maximum atomic E-state index is 6.29. The molecule has 2 aliphatic carbocycles. The average molecular weight is 664 g/mol. The Morgan fingerprint density at radius 2 is 0.692 bits per heavy atom. The molecule has 242 valence electrons. The number of hydrogen-bond acceptors (Lipinski definition) is 3. The van der Waals surface area contributed by atoms with Crippen LogP contribution in [0.5, 0.6) is 0 Å². The maximum absolute atomic E-state index is 6.29. The monoisotopic (exact) mass is 663 g/mol. The van der Waals surface area contributed by atoms with Crippen LogP contribution in [0.4, 0.5) is 17.1 Å². The van der Waals surface area contributed by atoms with Gasteiger partial charge in [0.2, 0.25) is 0 Å². The quantitative estimate of drug-likeness (QED) is 0.188. The highest BCUT2D eigenvalue weighted by atomic mass is 16.3. The van der Waals surface area contributed by atoms with Gasteiger partial charge in [-0.1, -0.05) is 115 Å². The number of para-hydroxylation sites is 2. The minimum absolute atomic E-state index is 0.434. The SMILES string of the molecule is c1ccc2c(c1)-c1ccccc1C21c2ccccc2-c2ccc(N(c3ccc4oc5ccccc5c4c3)c3ccc4oc5ccccc5c4c3)cc21. The number of fused-ring (bicyclic) bond motifs is 16. The second-order valence-corrected chi connectivity index (χ2v) is 14.0. The van der Waals surface area contributed by atoms with Crippen molar-refractivity contribution in [3.8, 4) is 22.3 Å². The lowest BCUT2D eigenvalue weighted by molar-refractivity contribution is 0.668. The predicted octanol–water partition coefficient (Wildman–Crippen LogP) is 13.3. The Bertz CT molecular complexity index is 2930. The van der Waals surface area contributed by atoms with Gasteiger partial charge in [-0.3, -0.25) is 0 Å². The highest BCUT2D eigenvalue weighted by Gasteiger charge is 2.51. The van der Waals surface area contributed by atoms with Gasteiger partial charge in [-0.25, -0.2) is 0 Å². The second kappa shape index (κ2) is 10.1. The van der Waals surface area contributed by atoms with E-state index >= 15 is 0 Å². The molecule has 0 saturated carbocycles. The Morgan fingerprint density at radius 3 is 1.21 bits per heavy atom. The summed E-state index contributed by atoms with van der Waals surface area (Å²) in [6.45, 7) is 0. The molecule has 0 radical (unpaired) electrons. The van der Waals surface area contributed by atoms with E-state index < -0.39 is 5.41 Å². The standard InChI is InChI=1S/C49H29NO2/c1-6-16-41-33(11-1)34-12-2-7-17-42(34)49(41)43-18-8-3-13-35(43)36-24-21-32(29-44(36)49)50(30-22-25-47-39(27-30)37-14-4-9-19-45(37)51-47)31-23-26-48-40(28-31)38-15-5-10-20-46(38)52-48/h1-29H. The Morgan fingerprint density at radius 1 is 0.308 bits per heavy atom. The van der Waals surface area contributed by atoms with Crippen molar-refractivity contribution in [3.05, 3.63) is 198 Å². The highest BCUT2D eigenvalue weighted by molar-refractivity contribution is 6.08. The van der Waals surface area contributed by atoms with Gasteiger partial charge in [0.05, 0.1) is 5.41 Å². The van der Waals surface area contributed by atoms with Gasteiger partial charge < -0.3 is 13.7 Å². The fourth-order valence-corrected chi connectivity index (χ4v) is 9.38. The van der Waals surface area contributed by atoms with E-state index in [1.54, 1.807) is 0 Å². The first-order valence-corrected chi connectivity index (χ1v) is 17.8. The molecule has 0 atom stereocenters. The van der Waals surface area contributed by atoms with Gasteiger partial charge >= 0.3 is 0 Å². The predicted molar refractivity (Wildman–Crippen MR) is 212 cm³/mol. The van der Waals surface area contributed by atoms with E-state index in [4.69, 9.17) is 8.83 Å². The molecule has 2 heterocycles. The van der Waals surface area contributed by atoms with Crippen LogP contribution in [0, 0.1) is 0 Å². The van der Waals surface area contributed by atoms with Crippen molar-refractivity contribution in [1.82, 2.24) is 0 Å². The molecule has 3 nitrogen and oxygen atoms in total. The van der Waals surface area contributed by atoms with Gasteiger partial charge in [0.15, 0.2) is 0 Å². The number of anilines is 3. The summed E-state index contributed by atoms with van der Waals surface area (Å²) < 4.78 is 12.6. The maximum Gasteiger partial charge on any atom is 0.135 e. The van der Waals surface area contributed by atoms with E-state index in [1.807, 2.05) is 24.3 Å². The lowest BCUT2D eigenvalue weighted by Crippen LogP contribution is -2.26. The largest absolute Gasteiger partial charge is 0.456 e. The molecule has 12 rings (SSSR count). The molecule has 0 saturated heterocycles. The summed E-state index contributed by atoms with van der Waals surface area (Å²) in [5, 5.41) is 4.41. The lowest BCUT2D eigenvalue weighted by Gasteiger charge is -2.32. The second-order valence-electron chi connectivity index (χ2n) is 14.0. The van der Waals surface area contributed by atoms with E-state index in [0.717, 1.165) is 60.9 Å². The molecule has 0 aliphatic heterocycles. The summed E-state index contributed by atoms with van der Waals surface area (Å²) in [4.78, 5) is 2.39. The summed E-state index contributed by atoms with van der Waals surface area (Å²) in [5.74, 6) is 0. The van der Waals surface area contributed by atoms with Crippen LogP contribution in [-0.2, 0) is 5.41 Å². The average Bonchev–Trinajstić information content (AvgIpc) is 3.93. The van der Waals surface area contributed by atoms with Crippen molar-refractivity contribution >= 4 is 60.9 Å². The van der Waals surface area contributed by atoms with Gasteiger partial charge in [-0.15, -0.1) is 0 Å². The van der Waals surface area contributed by atoms with Gasteiger partial charge in [-0.05, 0) is 105 Å². The van der Waals surface area contributed by atoms with Gasteiger partial charge in [-0.2, -0.15) is 0 Å². The molecule has 52 heavy (non-hydrogen) atoms. The van der Waals surface area contributed by atoms with Gasteiger partial charge in [0.1, 0.15) is 22.3 Å². The first-order valence-electron chi connectivity index (χ1n) is 17.8. The zero-order valence-corrected chi connectivity index (χ0v) is 28.0. The Kier molecular flexibility index (Phi) is 5.43. The Balaban J connectivity index is 1.15. The molecule has 0 bridgehead atoms. The first kappa shape index (κ1) is 27.9. The van der Waals surface area contributed by atoms with Crippen LogP contribution in [-0.4, -0.2) is 0 Å². The summed E-state index contributed by atoms with van der Waals surface area (Å²) in [7, 11) is 0. The number of nitrogens with zero attached hydrogens (tertiary/aromatic N) is 1. The highest BCUT2D eigenvalue weighted by Crippen LogP contribution is 2.63.